The number of aliphatic carboxylic acids is 2. The Morgan fingerprint density at radius 1 is 1.14 bits per heavy atom. The van der Waals surface area contributed by atoms with Crippen LogP contribution in [0.25, 0.3) is 0 Å². The average molecular weight is 318 g/mol. The fraction of sp³-hybridized carbons (Fsp3) is 0.875. The molecule has 0 radical (unpaired) electrons. The van der Waals surface area contributed by atoms with E-state index in [0.717, 1.165) is 25.7 Å². The molecule has 0 aliphatic heterocycles. The number of likely N-dealkylation sites (N-methyl/N-ethyl adjacent to an activating group) is 1. The van der Waals surface area contributed by atoms with E-state index in [1.165, 1.54) is 0 Å². The number of hydrogen-bond donors (Lipinski definition) is 3. The monoisotopic (exact) mass is 318 g/mol. The van der Waals surface area contributed by atoms with Gasteiger partial charge in [0.2, 0.25) is 0 Å². The number of hydrogen-bond acceptors (Lipinski definition) is 4. The molecule has 0 aliphatic carbocycles. The molecule has 3 atom stereocenters. The van der Waals surface area contributed by atoms with Gasteiger partial charge in [-0.25, -0.2) is 0 Å². The number of unbranched alkanes of at least 4 members (excludes halogenated alkanes) is 1. The van der Waals surface area contributed by atoms with Crippen LogP contribution in [0, 0.1) is 5.92 Å². The average Bonchev–Trinajstić information content (AvgIpc) is 2.46. The Balaban J connectivity index is 0. The lowest BCUT2D eigenvalue weighted by Crippen LogP contribution is -2.60. The van der Waals surface area contributed by atoms with Crippen LogP contribution >= 0.6 is 0 Å². The molecule has 0 bridgehead atoms. The molecule has 0 heterocycles. The van der Waals surface area contributed by atoms with E-state index in [-0.39, 0.29) is 12.0 Å². The highest BCUT2D eigenvalue weighted by molar-refractivity contribution is 5.79. The van der Waals surface area contributed by atoms with E-state index in [0.29, 0.717) is 6.42 Å². The van der Waals surface area contributed by atoms with Crippen LogP contribution in [0.15, 0.2) is 0 Å². The number of nitrogens with zero attached hydrogens (tertiary/aromatic N) is 1. The lowest BCUT2D eigenvalue weighted by atomic mass is 9.90. The predicted octanol–water partition coefficient (Wildman–Crippen LogP) is 2.42. The van der Waals surface area contributed by atoms with Crippen LogP contribution in [-0.2, 0) is 9.59 Å². The number of rotatable bonds is 9. The predicted molar refractivity (Wildman–Crippen MR) is 88.9 cm³/mol. The van der Waals surface area contributed by atoms with Crippen LogP contribution in [0.4, 0.5) is 0 Å². The van der Waals surface area contributed by atoms with Crippen LogP contribution in [0.3, 0.4) is 0 Å². The van der Waals surface area contributed by atoms with E-state index in [1.54, 1.807) is 25.9 Å². The number of nitrogens with two attached hydrogens (primary N) is 1. The topological polar surface area (TPSA) is 104 Å². The standard InChI is InChI=1S/C8H18N2O2.C8H16O2/c1-5-6(9)8(2,7(11)12)10(3)4;1-3-5-6-7(4-2)8(9)10/h6H,5,9H2,1-4H3,(H,11,12);7H,3-6H2,1-2H3,(H,9,10). The molecule has 0 aromatic heterocycles. The highest BCUT2D eigenvalue weighted by Crippen LogP contribution is 2.17. The van der Waals surface area contributed by atoms with Gasteiger partial charge in [-0.3, -0.25) is 14.5 Å². The first-order valence-corrected chi connectivity index (χ1v) is 7.98. The molecule has 6 nitrogen and oxygen atoms in total. The second-order valence-corrected chi connectivity index (χ2v) is 5.95. The molecule has 6 heteroatoms. The Labute approximate surface area is 134 Å². The van der Waals surface area contributed by atoms with Crippen LogP contribution in [0.1, 0.15) is 59.8 Å². The third-order valence-electron chi connectivity index (χ3n) is 4.27. The summed E-state index contributed by atoms with van der Waals surface area (Å²) in [7, 11) is 3.45. The lowest BCUT2D eigenvalue weighted by molar-refractivity contribution is -0.150. The van der Waals surface area contributed by atoms with Gasteiger partial charge in [0.25, 0.3) is 0 Å². The molecule has 0 fully saturated rings. The quantitative estimate of drug-likeness (QED) is 0.603. The maximum Gasteiger partial charge on any atom is 0.325 e. The van der Waals surface area contributed by atoms with E-state index in [4.69, 9.17) is 15.9 Å². The summed E-state index contributed by atoms with van der Waals surface area (Å²) in [6.07, 6.45) is 4.37. The highest BCUT2D eigenvalue weighted by Gasteiger charge is 2.40. The first-order valence-electron chi connectivity index (χ1n) is 7.98. The second kappa shape index (κ2) is 11.4. The van der Waals surface area contributed by atoms with Crippen molar-refractivity contribution in [1.29, 1.82) is 0 Å². The maximum atomic E-state index is 10.9. The fourth-order valence-electron chi connectivity index (χ4n) is 2.03. The smallest absolute Gasteiger partial charge is 0.325 e. The molecule has 0 saturated heterocycles. The van der Waals surface area contributed by atoms with Crippen molar-refractivity contribution >= 4 is 11.9 Å². The van der Waals surface area contributed by atoms with E-state index >= 15 is 0 Å². The Hall–Kier alpha value is -1.14. The Bertz CT molecular complexity index is 334. The first-order chi connectivity index (χ1) is 10.1. The second-order valence-electron chi connectivity index (χ2n) is 5.95. The molecule has 22 heavy (non-hydrogen) atoms. The van der Waals surface area contributed by atoms with E-state index < -0.39 is 17.5 Å². The molecule has 0 aromatic rings. The van der Waals surface area contributed by atoms with Gasteiger partial charge in [-0.1, -0.05) is 33.6 Å². The van der Waals surface area contributed by atoms with Crippen molar-refractivity contribution in [2.75, 3.05) is 14.1 Å². The van der Waals surface area contributed by atoms with Crippen LogP contribution in [0.2, 0.25) is 0 Å². The van der Waals surface area contributed by atoms with E-state index in [1.807, 2.05) is 13.8 Å². The van der Waals surface area contributed by atoms with Crippen molar-refractivity contribution in [3.05, 3.63) is 0 Å². The third-order valence-corrected chi connectivity index (χ3v) is 4.27. The lowest BCUT2D eigenvalue weighted by Gasteiger charge is -2.36. The van der Waals surface area contributed by atoms with Crippen molar-refractivity contribution in [1.82, 2.24) is 4.90 Å². The van der Waals surface area contributed by atoms with Gasteiger partial charge >= 0.3 is 11.9 Å². The van der Waals surface area contributed by atoms with E-state index in [9.17, 15) is 9.59 Å². The van der Waals surface area contributed by atoms with Crippen molar-refractivity contribution in [2.24, 2.45) is 11.7 Å². The van der Waals surface area contributed by atoms with Gasteiger partial charge in [-0.15, -0.1) is 0 Å². The maximum absolute atomic E-state index is 10.9. The van der Waals surface area contributed by atoms with Crippen LogP contribution < -0.4 is 5.73 Å². The minimum atomic E-state index is -0.964. The van der Waals surface area contributed by atoms with Crippen molar-refractivity contribution in [2.45, 2.75) is 71.4 Å². The van der Waals surface area contributed by atoms with Gasteiger partial charge in [0, 0.05) is 6.04 Å². The normalized spacial score (nSPS) is 16.2. The molecular weight excluding hydrogens is 284 g/mol. The molecule has 0 spiro atoms. The third kappa shape index (κ3) is 7.22. The Kier molecular flexibility index (Phi) is 12.0. The zero-order valence-corrected chi connectivity index (χ0v) is 14.9. The molecular formula is C16H34N2O4. The SMILES string of the molecule is CCC(N)C(C)(C(=O)O)N(C)C.CCCCC(CC)C(=O)O. The van der Waals surface area contributed by atoms with Crippen molar-refractivity contribution in [3.63, 3.8) is 0 Å². The zero-order chi connectivity index (χ0) is 17.9. The van der Waals surface area contributed by atoms with Crippen molar-refractivity contribution in [3.8, 4) is 0 Å². The molecule has 4 N–H and O–H groups in total. The van der Waals surface area contributed by atoms with Crippen molar-refractivity contribution < 1.29 is 19.8 Å². The molecule has 0 saturated carbocycles. The molecule has 0 rings (SSSR count). The van der Waals surface area contributed by atoms with Gasteiger partial charge in [0.05, 0.1) is 5.92 Å². The summed E-state index contributed by atoms with van der Waals surface area (Å²) < 4.78 is 0. The van der Waals surface area contributed by atoms with Gasteiger partial charge < -0.3 is 15.9 Å². The fourth-order valence-corrected chi connectivity index (χ4v) is 2.03. The number of carbonyl (C=O) groups is 2. The summed E-state index contributed by atoms with van der Waals surface area (Å²) >= 11 is 0. The molecule has 0 aromatic carbocycles. The molecule has 0 amide bonds. The minimum Gasteiger partial charge on any atom is -0.481 e. The number of carboxylic acids is 2. The van der Waals surface area contributed by atoms with Crippen LogP contribution in [0.5, 0.6) is 0 Å². The van der Waals surface area contributed by atoms with E-state index in [2.05, 4.69) is 6.92 Å². The summed E-state index contributed by atoms with van der Waals surface area (Å²) in [6.45, 7) is 7.53. The Morgan fingerprint density at radius 3 is 1.82 bits per heavy atom. The summed E-state index contributed by atoms with van der Waals surface area (Å²) in [6, 6.07) is -0.343. The summed E-state index contributed by atoms with van der Waals surface area (Å²) in [4.78, 5) is 23.0. The highest BCUT2D eigenvalue weighted by atomic mass is 16.4. The van der Waals surface area contributed by atoms with Gasteiger partial charge in [-0.05, 0) is 40.3 Å². The largest absolute Gasteiger partial charge is 0.481 e. The van der Waals surface area contributed by atoms with Crippen LogP contribution in [-0.4, -0.2) is 52.7 Å². The molecule has 0 aliphatic rings. The summed E-state index contributed by atoms with van der Waals surface area (Å²) in [5.41, 5.74) is 4.77. The summed E-state index contributed by atoms with van der Waals surface area (Å²) in [5, 5.41) is 17.6. The molecule has 132 valence electrons. The molecule has 3 unspecified atom stereocenters. The van der Waals surface area contributed by atoms with Gasteiger partial charge in [0.15, 0.2) is 0 Å². The van der Waals surface area contributed by atoms with Gasteiger partial charge in [-0.2, -0.15) is 0 Å². The van der Waals surface area contributed by atoms with Gasteiger partial charge in [0.1, 0.15) is 5.54 Å². The summed E-state index contributed by atoms with van der Waals surface area (Å²) in [5.74, 6) is -1.63. The first kappa shape index (κ1) is 23.1. The number of carboxylic acid groups (broad SMARTS) is 2. The zero-order valence-electron chi connectivity index (χ0n) is 14.9. The minimum absolute atomic E-state index is 0.111. The Morgan fingerprint density at radius 2 is 1.64 bits per heavy atom.